The number of carbonyl (C=O) groups is 1. The summed E-state index contributed by atoms with van der Waals surface area (Å²) in [4.78, 5) is 12.2. The number of carbonyl (C=O) groups excluding carboxylic acids is 1. The third kappa shape index (κ3) is 5.05. The predicted molar refractivity (Wildman–Crippen MR) is 132 cm³/mol. The van der Waals surface area contributed by atoms with Crippen molar-refractivity contribution in [1.29, 1.82) is 0 Å². The molecule has 8 nitrogen and oxygen atoms in total. The molecule has 9 heteroatoms. The van der Waals surface area contributed by atoms with Crippen LogP contribution in [-0.2, 0) is 14.9 Å². The molecule has 5 N–H and O–H groups in total. The second-order valence-electron chi connectivity index (χ2n) is 12.7. The van der Waals surface area contributed by atoms with E-state index < -0.39 is 28.1 Å². The van der Waals surface area contributed by atoms with Gasteiger partial charge < -0.3 is 20.6 Å². The molecule has 0 aromatic rings. The van der Waals surface area contributed by atoms with E-state index in [4.69, 9.17) is 4.55 Å². The van der Waals surface area contributed by atoms with Crippen LogP contribution >= 0.6 is 0 Å². The van der Waals surface area contributed by atoms with Crippen molar-refractivity contribution in [3.63, 3.8) is 0 Å². The maximum Gasteiger partial charge on any atom is 0.266 e. The molecule has 4 aliphatic rings. The molecule has 4 saturated carbocycles. The van der Waals surface area contributed by atoms with Crippen LogP contribution in [0, 0.1) is 46.3 Å². The van der Waals surface area contributed by atoms with Crippen molar-refractivity contribution in [2.45, 2.75) is 96.9 Å². The number of fused-ring (bicyclic) bond motifs is 5. The van der Waals surface area contributed by atoms with E-state index in [9.17, 15) is 28.5 Å². The molecule has 0 aromatic carbocycles. The zero-order chi connectivity index (χ0) is 25.8. The number of aliphatic hydroxyl groups excluding tert-OH is 3. The molecule has 4 fully saturated rings. The van der Waals surface area contributed by atoms with E-state index in [0.717, 1.165) is 38.5 Å². The highest BCUT2D eigenvalue weighted by Crippen LogP contribution is 2.68. The minimum absolute atomic E-state index is 0.0509. The Labute approximate surface area is 210 Å². The monoisotopic (exact) mass is 515 g/mol. The fraction of sp³-hybridized carbons (Fsp3) is 0.962. The van der Waals surface area contributed by atoms with Crippen molar-refractivity contribution >= 4 is 16.0 Å². The Morgan fingerprint density at radius 2 is 1.77 bits per heavy atom. The molecule has 4 aliphatic carbocycles. The van der Waals surface area contributed by atoms with Gasteiger partial charge in [-0.1, -0.05) is 20.8 Å². The molecular formula is C26H45NO7S. The summed E-state index contributed by atoms with van der Waals surface area (Å²) in [6.45, 7) is 6.56. The summed E-state index contributed by atoms with van der Waals surface area (Å²) >= 11 is 0. The lowest BCUT2D eigenvalue weighted by Gasteiger charge is -2.63. The Morgan fingerprint density at radius 1 is 1.06 bits per heavy atom. The largest absolute Gasteiger partial charge is 0.393 e. The zero-order valence-corrected chi connectivity index (χ0v) is 22.2. The molecule has 1 unspecified atom stereocenters. The molecule has 35 heavy (non-hydrogen) atoms. The molecule has 1 amide bonds. The molecule has 0 radical (unpaired) electrons. The number of rotatable bonds is 7. The quantitative estimate of drug-likeness (QED) is 0.327. The normalized spacial score (nSPS) is 46.3. The molecular weight excluding hydrogens is 470 g/mol. The van der Waals surface area contributed by atoms with Gasteiger partial charge in [-0.15, -0.1) is 0 Å². The summed E-state index contributed by atoms with van der Waals surface area (Å²) < 4.78 is 30.5. The molecule has 0 heterocycles. The van der Waals surface area contributed by atoms with Gasteiger partial charge in [0.2, 0.25) is 5.91 Å². The lowest BCUT2D eigenvalue weighted by molar-refractivity contribution is -0.207. The summed E-state index contributed by atoms with van der Waals surface area (Å²) in [5, 5.41) is 35.8. The van der Waals surface area contributed by atoms with Gasteiger partial charge in [0.05, 0.1) is 24.1 Å². The number of hydrogen-bond acceptors (Lipinski definition) is 6. The van der Waals surface area contributed by atoms with Gasteiger partial charge in [-0.05, 0) is 97.7 Å². The van der Waals surface area contributed by atoms with Crippen LogP contribution in [0.15, 0.2) is 0 Å². The van der Waals surface area contributed by atoms with Gasteiger partial charge >= 0.3 is 0 Å². The third-order valence-corrected chi connectivity index (χ3v) is 11.7. The average Bonchev–Trinajstić information content (AvgIpc) is 3.12. The van der Waals surface area contributed by atoms with Gasteiger partial charge in [0.15, 0.2) is 0 Å². The Bertz CT molecular complexity index is 896. The highest BCUT2D eigenvalue weighted by molar-refractivity contribution is 7.85. The van der Waals surface area contributed by atoms with E-state index in [-0.39, 0.29) is 65.4 Å². The van der Waals surface area contributed by atoms with E-state index >= 15 is 0 Å². The van der Waals surface area contributed by atoms with Crippen molar-refractivity contribution in [3.8, 4) is 0 Å². The molecule has 0 aromatic heterocycles. The summed E-state index contributed by atoms with van der Waals surface area (Å²) in [5.41, 5.74) is -0.254. The molecule has 0 bridgehead atoms. The van der Waals surface area contributed by atoms with E-state index in [1.807, 2.05) is 0 Å². The van der Waals surface area contributed by atoms with Crippen molar-refractivity contribution in [1.82, 2.24) is 5.32 Å². The maximum absolute atomic E-state index is 12.2. The lowest BCUT2D eigenvalue weighted by atomic mass is 9.43. The van der Waals surface area contributed by atoms with Gasteiger partial charge in [0.1, 0.15) is 0 Å². The fourth-order valence-electron chi connectivity index (χ4n) is 9.10. The first kappa shape index (κ1) is 27.3. The van der Waals surface area contributed by atoms with Gasteiger partial charge in [-0.25, -0.2) is 0 Å². The van der Waals surface area contributed by atoms with Gasteiger partial charge in [0.25, 0.3) is 10.1 Å². The van der Waals surface area contributed by atoms with Gasteiger partial charge in [0, 0.05) is 13.0 Å². The average molecular weight is 516 g/mol. The zero-order valence-electron chi connectivity index (χ0n) is 21.4. The van der Waals surface area contributed by atoms with Crippen LogP contribution in [0.5, 0.6) is 0 Å². The van der Waals surface area contributed by atoms with Crippen LogP contribution in [0.1, 0.15) is 78.6 Å². The predicted octanol–water partition coefficient (Wildman–Crippen LogP) is 2.37. The minimum Gasteiger partial charge on any atom is -0.393 e. The maximum atomic E-state index is 12.2. The van der Waals surface area contributed by atoms with Crippen LogP contribution in [0.25, 0.3) is 0 Å². The number of nitrogens with one attached hydrogen (secondary N) is 1. The second-order valence-corrected chi connectivity index (χ2v) is 14.2. The van der Waals surface area contributed by atoms with Gasteiger partial charge in [-0.2, -0.15) is 8.42 Å². The van der Waals surface area contributed by atoms with Crippen LogP contribution < -0.4 is 5.32 Å². The molecule has 4 rings (SSSR count). The second kappa shape index (κ2) is 9.86. The van der Waals surface area contributed by atoms with Crippen molar-refractivity contribution < 1.29 is 33.1 Å². The first-order chi connectivity index (χ1) is 16.3. The standard InChI is InChI=1S/C26H45NO7S/c1-15(4-7-23(31)27-10-11-35(32,33)34)18-5-6-19-24-20(14-22(30)26(18,19)3)25(2)9-8-17(28)12-16(25)13-21(24)29/h15-22,24,28-30H,4-14H2,1-3H3,(H,27,31)(H,32,33,34)/t15-,16?,17-,18-,19+,20+,21-,22+,24-,25+,26-/m1/s1. The van der Waals surface area contributed by atoms with E-state index in [2.05, 4.69) is 26.1 Å². The summed E-state index contributed by atoms with van der Waals surface area (Å²) in [7, 11) is -4.10. The Balaban J connectivity index is 1.43. The molecule has 0 spiro atoms. The van der Waals surface area contributed by atoms with E-state index in [1.165, 1.54) is 0 Å². The molecule has 11 atom stereocenters. The van der Waals surface area contributed by atoms with E-state index in [0.29, 0.717) is 18.8 Å². The molecule has 202 valence electrons. The highest BCUT2D eigenvalue weighted by Gasteiger charge is 2.65. The van der Waals surface area contributed by atoms with Crippen molar-refractivity contribution in [3.05, 3.63) is 0 Å². The van der Waals surface area contributed by atoms with Crippen molar-refractivity contribution in [2.75, 3.05) is 12.3 Å². The van der Waals surface area contributed by atoms with Crippen LogP contribution in [0.3, 0.4) is 0 Å². The smallest absolute Gasteiger partial charge is 0.266 e. The molecule has 0 saturated heterocycles. The fourth-order valence-corrected chi connectivity index (χ4v) is 9.46. The first-order valence-electron chi connectivity index (χ1n) is 13.5. The third-order valence-electron chi connectivity index (χ3n) is 11.0. The van der Waals surface area contributed by atoms with Crippen LogP contribution in [-0.4, -0.2) is 64.8 Å². The topological polar surface area (TPSA) is 144 Å². The SMILES string of the molecule is C[C@H](CCC(=O)NCCS(=O)(=O)O)[C@H]1CC[C@H]2[C@H]3[C@H](O)CC4C[C@H](O)CC[C@]4(C)[C@H]3C[C@H](O)[C@]12C. The number of amides is 1. The Kier molecular flexibility index (Phi) is 7.69. The summed E-state index contributed by atoms with van der Waals surface area (Å²) in [6, 6.07) is 0. The van der Waals surface area contributed by atoms with Crippen LogP contribution in [0.4, 0.5) is 0 Å². The summed E-state index contributed by atoms with van der Waals surface area (Å²) in [5.74, 6) is 0.705. The summed E-state index contributed by atoms with van der Waals surface area (Å²) in [6.07, 6.45) is 5.67. The lowest BCUT2D eigenvalue weighted by Crippen LogP contribution is -2.62. The Morgan fingerprint density at radius 3 is 2.46 bits per heavy atom. The molecule has 0 aliphatic heterocycles. The van der Waals surface area contributed by atoms with Crippen molar-refractivity contribution in [2.24, 2.45) is 46.3 Å². The highest BCUT2D eigenvalue weighted by atomic mass is 32.2. The number of aliphatic hydroxyl groups is 3. The first-order valence-corrected chi connectivity index (χ1v) is 15.1. The van der Waals surface area contributed by atoms with Gasteiger partial charge in [-0.3, -0.25) is 9.35 Å². The minimum atomic E-state index is -4.10. The Hall–Kier alpha value is -0.740. The van der Waals surface area contributed by atoms with Crippen LogP contribution in [0.2, 0.25) is 0 Å². The number of hydrogen-bond donors (Lipinski definition) is 5. The van der Waals surface area contributed by atoms with E-state index in [1.54, 1.807) is 0 Å².